The van der Waals surface area contributed by atoms with E-state index < -0.39 is 292 Å². The molecule has 0 amide bonds. The summed E-state index contributed by atoms with van der Waals surface area (Å²) in [7, 11) is 0. The Kier molecular flexibility index (Phi) is 27.3. The standard InChI is InChI=1S/C48H90N8O33/c49-10(1-57)26(67)35(11(66)2-58)83-43-20(51)29(70)37(13(4-60)77-43)85-45-22(53)31(72)39(15(6-62)79-45)87-47-24(55)33(74)41(17(8-64)81-47)89-48-25(56)34(75)40(18(9-65)82-48)88-46-23(54)32(73)38(16(7-63)80-46)86-44-21(52)30(71)36(14(5-61)78-44)84-42-19(50)28(69)27(68)12(3-59)76-42/h1,10-48,58-75H,2-9,49-56H2/t10-,11+,12+,13+,14+,15+,16+,17+,18+,19+,20+,21+,22+,23+,24+,25+,26+,27+,28+,29+,30+,31+,32+,33+,34+,35+,36+,37+,38+,39+,40+,41+,42-,43-,44-,45-,46-,47-,48-/m0/s1. The molecule has 7 aliphatic heterocycles. The summed E-state index contributed by atoms with van der Waals surface area (Å²) in [4.78, 5) is 11.3. The van der Waals surface area contributed by atoms with Crippen LogP contribution in [0.1, 0.15) is 0 Å². The Morgan fingerprint density at radius 1 is 0.337 bits per heavy atom. The number of aldehydes is 1. The van der Waals surface area contributed by atoms with Crippen LogP contribution in [0, 0.1) is 0 Å². The Labute approximate surface area is 506 Å². The van der Waals surface area contributed by atoms with E-state index in [0.717, 1.165) is 0 Å². The van der Waals surface area contributed by atoms with E-state index in [2.05, 4.69) is 0 Å². The van der Waals surface area contributed by atoms with E-state index in [-0.39, 0.29) is 6.29 Å². The average molecular weight is 1310 g/mol. The Hall–Kier alpha value is -1.93. The van der Waals surface area contributed by atoms with Crippen LogP contribution in [-0.2, 0) is 71.1 Å². The van der Waals surface area contributed by atoms with Crippen LogP contribution >= 0.6 is 0 Å². The smallest absolute Gasteiger partial charge is 0.176 e. The molecule has 41 nitrogen and oxygen atoms in total. The zero-order valence-corrected chi connectivity index (χ0v) is 47.5. The minimum atomic E-state index is -1.92. The molecule has 0 unspecified atom stereocenters. The Morgan fingerprint density at radius 2 is 0.551 bits per heavy atom. The van der Waals surface area contributed by atoms with Crippen LogP contribution < -0.4 is 45.9 Å². The van der Waals surface area contributed by atoms with Gasteiger partial charge in [0.05, 0.1) is 101 Å². The Bertz CT molecular complexity index is 2130. The maximum absolute atomic E-state index is 11.6. The van der Waals surface area contributed by atoms with Gasteiger partial charge in [0.15, 0.2) is 44.0 Å². The third-order valence-electron chi connectivity index (χ3n) is 16.8. The molecule has 41 heteroatoms. The first-order valence-electron chi connectivity index (χ1n) is 28.5. The van der Waals surface area contributed by atoms with Gasteiger partial charge in [-0.2, -0.15) is 0 Å². The second-order valence-corrected chi connectivity index (χ2v) is 22.7. The van der Waals surface area contributed by atoms with E-state index in [1.54, 1.807) is 0 Å². The molecular formula is C48H90N8O33. The topological polar surface area (TPSA) is 719 Å². The summed E-state index contributed by atoms with van der Waals surface area (Å²) >= 11 is 0. The van der Waals surface area contributed by atoms with Gasteiger partial charge >= 0.3 is 0 Å². The largest absolute Gasteiger partial charge is 0.394 e. The van der Waals surface area contributed by atoms with E-state index in [0.29, 0.717) is 0 Å². The van der Waals surface area contributed by atoms with Crippen LogP contribution in [-0.4, -0.2) is 390 Å². The Balaban J connectivity index is 0.940. The highest BCUT2D eigenvalue weighted by Gasteiger charge is 2.58. The molecular weight excluding hydrogens is 1220 g/mol. The molecule has 0 aromatic carbocycles. The molecule has 7 saturated heterocycles. The number of rotatable bonds is 26. The van der Waals surface area contributed by atoms with Gasteiger partial charge in [0.2, 0.25) is 0 Å². The lowest BCUT2D eigenvalue weighted by Gasteiger charge is -2.50. The first kappa shape index (κ1) is 74.5. The highest BCUT2D eigenvalue weighted by molar-refractivity contribution is 5.58. The van der Waals surface area contributed by atoms with Crippen molar-refractivity contribution in [3.63, 3.8) is 0 Å². The zero-order valence-electron chi connectivity index (χ0n) is 47.5. The fourth-order valence-corrected chi connectivity index (χ4v) is 11.4. The van der Waals surface area contributed by atoms with E-state index in [9.17, 15) is 96.7 Å². The predicted molar refractivity (Wildman–Crippen MR) is 281 cm³/mol. The highest BCUT2D eigenvalue weighted by atomic mass is 16.8. The summed E-state index contributed by atoms with van der Waals surface area (Å²) < 4.78 is 81.5. The van der Waals surface area contributed by atoms with Crippen molar-refractivity contribution in [1.29, 1.82) is 0 Å². The first-order chi connectivity index (χ1) is 42.2. The highest BCUT2D eigenvalue weighted by Crippen LogP contribution is 2.37. The SMILES string of the molecule is N[C@H]1[C@H](O[C@H]2[C@H](O)[C@@H](N)[C@H](O[C@H]3[C@H](O)[C@@H](N)[C@H](O[C@H]4[C@H](O)[C@@H](N)[C@H](O[C@H]5[C@H](O)[C@@H](N)[C@H](O[C@H]6[C@H](O)[C@@H](N)[C@H](O[C@H]7[C@H](O)[C@@H](N)[C@H](O[C@@H]([C@H](O)[C@@H](N)C=O)[C@H](O)CO)O[C@@H]7CO)O[C@@H]6CO)O[C@@H]5CO)O[C@@H]4CO)O[C@@H]3CO)O[C@@H]2CO)O[C@H](CO)[C@@H](O)[C@@H]1O. The summed E-state index contributed by atoms with van der Waals surface area (Å²) in [6.45, 7) is -7.25. The van der Waals surface area contributed by atoms with E-state index in [1.165, 1.54) is 0 Å². The molecule has 34 N–H and O–H groups in total. The van der Waals surface area contributed by atoms with Gasteiger partial charge in [0, 0.05) is 0 Å². The number of aliphatic hydroxyl groups excluding tert-OH is 18. The number of aliphatic hydroxyl groups is 18. The van der Waals surface area contributed by atoms with Crippen LogP contribution in [0.2, 0.25) is 0 Å². The molecule has 520 valence electrons. The molecule has 0 spiro atoms. The molecule has 0 aliphatic carbocycles. The fourth-order valence-electron chi connectivity index (χ4n) is 11.4. The zero-order chi connectivity index (χ0) is 65.8. The quantitative estimate of drug-likeness (QED) is 0.0358. The molecule has 0 radical (unpaired) electrons. The molecule has 7 heterocycles. The van der Waals surface area contributed by atoms with Gasteiger partial charge in [-0.05, 0) is 0 Å². The molecule has 7 rings (SSSR count). The molecule has 39 atom stereocenters. The predicted octanol–water partition coefficient (Wildman–Crippen LogP) is -18.9. The van der Waals surface area contributed by atoms with Gasteiger partial charge in [0.1, 0.15) is 153 Å². The number of carbonyl (C=O) groups is 1. The molecule has 0 aromatic rings. The first-order valence-corrected chi connectivity index (χ1v) is 28.5. The van der Waals surface area contributed by atoms with Crippen LogP contribution in [0.3, 0.4) is 0 Å². The number of carbonyl (C=O) groups excluding carboxylic acids is 1. The summed E-state index contributed by atoms with van der Waals surface area (Å²) in [6, 6.07) is -12.7. The van der Waals surface area contributed by atoms with Crippen molar-refractivity contribution in [1.82, 2.24) is 0 Å². The number of hydrogen-bond donors (Lipinski definition) is 26. The molecule has 89 heavy (non-hydrogen) atoms. The van der Waals surface area contributed by atoms with Crippen molar-refractivity contribution in [2.24, 2.45) is 45.9 Å². The van der Waals surface area contributed by atoms with Crippen molar-refractivity contribution in [3.05, 3.63) is 0 Å². The summed E-state index contributed by atoms with van der Waals surface area (Å²) in [5.74, 6) is 0. The van der Waals surface area contributed by atoms with Crippen LogP contribution in [0.25, 0.3) is 0 Å². The van der Waals surface area contributed by atoms with Crippen molar-refractivity contribution >= 4 is 6.29 Å². The Morgan fingerprint density at radius 3 is 0.775 bits per heavy atom. The van der Waals surface area contributed by atoms with Crippen LogP contribution in [0.5, 0.6) is 0 Å². The maximum atomic E-state index is 11.6. The average Bonchev–Trinajstić information content (AvgIpc) is 1.18. The summed E-state index contributed by atoms with van der Waals surface area (Å²) in [5, 5.41) is 192. The minimum Gasteiger partial charge on any atom is -0.394 e. The van der Waals surface area contributed by atoms with Gasteiger partial charge in [0.25, 0.3) is 0 Å². The molecule has 7 fully saturated rings. The molecule has 0 saturated carbocycles. The summed E-state index contributed by atoms with van der Waals surface area (Å²) in [6.07, 6.45) is -52.2. The van der Waals surface area contributed by atoms with Crippen LogP contribution in [0.15, 0.2) is 0 Å². The third kappa shape index (κ3) is 15.8. The molecule has 7 aliphatic rings. The van der Waals surface area contributed by atoms with Crippen molar-refractivity contribution < 1.29 is 163 Å². The monoisotopic (exact) mass is 1310 g/mol. The second-order valence-electron chi connectivity index (χ2n) is 22.7. The van der Waals surface area contributed by atoms with Crippen molar-refractivity contribution in [3.8, 4) is 0 Å². The minimum absolute atomic E-state index is 0.141. The van der Waals surface area contributed by atoms with Crippen molar-refractivity contribution in [2.45, 2.75) is 239 Å². The third-order valence-corrected chi connectivity index (χ3v) is 16.8. The number of ether oxygens (including phenoxy) is 14. The van der Waals surface area contributed by atoms with E-state index in [1.807, 2.05) is 0 Å². The number of nitrogens with two attached hydrogens (primary N) is 8. The molecule has 0 bridgehead atoms. The van der Waals surface area contributed by atoms with Gasteiger partial charge in [-0.25, -0.2) is 0 Å². The van der Waals surface area contributed by atoms with Gasteiger partial charge in [-0.15, -0.1) is 0 Å². The van der Waals surface area contributed by atoms with E-state index in [4.69, 9.17) is 112 Å². The van der Waals surface area contributed by atoms with Gasteiger partial charge in [-0.1, -0.05) is 0 Å². The van der Waals surface area contributed by atoms with Gasteiger partial charge < -0.3 is 209 Å². The van der Waals surface area contributed by atoms with E-state index >= 15 is 0 Å². The maximum Gasteiger partial charge on any atom is 0.176 e. The summed E-state index contributed by atoms with van der Waals surface area (Å²) in [5.41, 5.74) is 49.5. The van der Waals surface area contributed by atoms with Crippen LogP contribution in [0.4, 0.5) is 0 Å². The lowest BCUT2D eigenvalue weighted by Crippen LogP contribution is -2.71. The normalized spacial score (nSPS) is 49.8. The molecule has 0 aromatic heterocycles. The fraction of sp³-hybridized carbons (Fsp3) is 0.979. The lowest BCUT2D eigenvalue weighted by atomic mass is 9.93. The number of hydrogen-bond acceptors (Lipinski definition) is 41. The lowest BCUT2D eigenvalue weighted by molar-refractivity contribution is -0.370. The van der Waals surface area contributed by atoms with Crippen molar-refractivity contribution in [2.75, 3.05) is 52.9 Å². The van der Waals surface area contributed by atoms with Gasteiger partial charge in [-0.3, -0.25) is 0 Å². The second kappa shape index (κ2) is 32.7.